The molecule has 0 aromatic heterocycles. The first kappa shape index (κ1) is 22.8. The van der Waals surface area contributed by atoms with Crippen LogP contribution < -0.4 is 5.32 Å². The largest absolute Gasteiger partial charge is 0.506 e. The van der Waals surface area contributed by atoms with Crippen LogP contribution in [0.1, 0.15) is 11.6 Å². The highest BCUT2D eigenvalue weighted by molar-refractivity contribution is 9.11. The lowest BCUT2D eigenvalue weighted by Gasteiger charge is -2.35. The number of nitrogens with zero attached hydrogens (tertiary/aromatic N) is 1. The van der Waals surface area contributed by atoms with Crippen molar-refractivity contribution in [3.63, 3.8) is 0 Å². The highest BCUT2D eigenvalue weighted by Crippen LogP contribution is 2.45. The molecule has 1 saturated heterocycles. The van der Waals surface area contributed by atoms with Crippen LogP contribution in [0.25, 0.3) is 0 Å². The molecule has 1 aliphatic rings. The van der Waals surface area contributed by atoms with Crippen LogP contribution in [0.2, 0.25) is 0 Å². The predicted molar refractivity (Wildman–Crippen MR) is 98.9 cm³/mol. The highest BCUT2D eigenvalue weighted by Gasteiger charge is 2.34. The zero-order valence-electron chi connectivity index (χ0n) is 11.2. The van der Waals surface area contributed by atoms with E-state index < -0.39 is 12.5 Å². The smallest absolute Gasteiger partial charge is 0.258 e. The Labute approximate surface area is 165 Å². The molecule has 2 rings (SSSR count). The molecule has 0 saturated carbocycles. The zero-order valence-corrected chi connectivity index (χ0v) is 17.6. The fraction of sp³-hybridized carbons (Fsp3) is 0.500. The van der Waals surface area contributed by atoms with Crippen molar-refractivity contribution < 1.29 is 13.9 Å². The first-order valence-corrected chi connectivity index (χ1v) is 8.40. The number of halogens is 7. The third-order valence-electron chi connectivity index (χ3n) is 3.26. The van der Waals surface area contributed by atoms with Gasteiger partial charge in [-0.1, -0.05) is 15.9 Å². The van der Waals surface area contributed by atoms with Gasteiger partial charge in [0.1, 0.15) is 5.75 Å². The van der Waals surface area contributed by atoms with E-state index in [9.17, 15) is 13.9 Å². The van der Waals surface area contributed by atoms with Crippen molar-refractivity contribution in [2.45, 2.75) is 12.5 Å². The van der Waals surface area contributed by atoms with Gasteiger partial charge >= 0.3 is 0 Å². The summed E-state index contributed by atoms with van der Waals surface area (Å²) in [6, 6.07) is 0.535. The molecule has 1 atom stereocenters. The molecule has 1 aromatic carbocycles. The van der Waals surface area contributed by atoms with Crippen LogP contribution in [0, 0.1) is 0 Å². The molecule has 22 heavy (non-hydrogen) atoms. The van der Waals surface area contributed by atoms with Gasteiger partial charge in [0.2, 0.25) is 0 Å². The minimum atomic E-state index is -2.54. The number of benzene rings is 1. The number of alkyl halides is 2. The number of hydrogen-bond donors (Lipinski definition) is 2. The van der Waals surface area contributed by atoms with Gasteiger partial charge < -0.3 is 10.4 Å². The number of aromatic hydroxyl groups is 1. The maximum absolute atomic E-state index is 13.6. The summed E-state index contributed by atoms with van der Waals surface area (Å²) >= 11 is 9.74. The van der Waals surface area contributed by atoms with Crippen molar-refractivity contribution in [2.24, 2.45) is 0 Å². The lowest BCUT2D eigenvalue weighted by Crippen LogP contribution is -2.47. The minimum Gasteiger partial charge on any atom is -0.506 e. The van der Waals surface area contributed by atoms with Crippen molar-refractivity contribution in [1.82, 2.24) is 10.2 Å². The number of hydrogen-bond acceptors (Lipinski definition) is 3. The molecule has 3 nitrogen and oxygen atoms in total. The molecule has 0 aliphatic carbocycles. The Morgan fingerprint density at radius 3 is 2.14 bits per heavy atom. The summed E-state index contributed by atoms with van der Waals surface area (Å²) in [4.78, 5) is 1.74. The fourth-order valence-electron chi connectivity index (χ4n) is 2.29. The standard InChI is InChI=1S/C12H13Br3F2N2O.2ClH/c13-6-5-7(14)11(20)9(15)8(6)10(12(16)17)19-3-1-18-2-4-19;;/h5,10,12,18,20H,1-4H2;2*1H/t10-;;/m0../s1. The predicted octanol–water partition coefficient (Wildman–Crippen LogP) is 4.73. The second-order valence-electron chi connectivity index (χ2n) is 4.48. The van der Waals surface area contributed by atoms with E-state index >= 15 is 0 Å². The minimum absolute atomic E-state index is 0. The second-order valence-corrected chi connectivity index (χ2v) is 6.98. The van der Waals surface area contributed by atoms with E-state index in [4.69, 9.17) is 0 Å². The average Bonchev–Trinajstić information content (AvgIpc) is 2.41. The summed E-state index contributed by atoms with van der Waals surface area (Å²) in [6.07, 6.45) is -2.54. The monoisotopic (exact) mass is 548 g/mol. The lowest BCUT2D eigenvalue weighted by molar-refractivity contribution is 0.0174. The summed E-state index contributed by atoms with van der Waals surface area (Å²) in [6.45, 7) is 2.46. The molecular formula is C12H15Br3Cl2F2N2O. The van der Waals surface area contributed by atoms with E-state index in [1.165, 1.54) is 0 Å². The second kappa shape index (κ2) is 9.96. The molecular weight excluding hydrogens is 537 g/mol. The topological polar surface area (TPSA) is 35.5 Å². The molecule has 0 amide bonds. The molecule has 2 N–H and O–H groups in total. The van der Waals surface area contributed by atoms with Crippen LogP contribution >= 0.6 is 72.6 Å². The van der Waals surface area contributed by atoms with Gasteiger partial charge in [-0.05, 0) is 37.9 Å². The summed E-state index contributed by atoms with van der Waals surface area (Å²) in [5.41, 5.74) is 0.377. The molecule has 0 bridgehead atoms. The van der Waals surface area contributed by atoms with Gasteiger partial charge in [0.15, 0.2) is 0 Å². The van der Waals surface area contributed by atoms with Crippen LogP contribution in [0.5, 0.6) is 5.75 Å². The number of piperazine rings is 1. The van der Waals surface area contributed by atoms with Gasteiger partial charge in [0, 0.05) is 36.2 Å². The summed E-state index contributed by atoms with van der Waals surface area (Å²) in [5.74, 6) is -0.0658. The van der Waals surface area contributed by atoms with E-state index in [1.807, 2.05) is 0 Å². The Kier molecular flexibility index (Phi) is 10.3. The van der Waals surface area contributed by atoms with Gasteiger partial charge in [0.25, 0.3) is 6.43 Å². The SMILES string of the molecule is Cl.Cl.Oc1c(Br)cc(Br)c([C@@H](C(F)F)N2CCNCC2)c1Br. The Morgan fingerprint density at radius 2 is 1.64 bits per heavy atom. The summed E-state index contributed by atoms with van der Waals surface area (Å²) in [5, 5.41) is 13.1. The van der Waals surface area contributed by atoms with Gasteiger partial charge in [0.05, 0.1) is 15.0 Å². The number of phenols is 1. The highest BCUT2D eigenvalue weighted by atomic mass is 79.9. The van der Waals surface area contributed by atoms with Gasteiger partial charge in [-0.3, -0.25) is 4.90 Å². The molecule has 1 heterocycles. The third kappa shape index (κ3) is 4.91. The Hall–Kier alpha value is 0.820. The van der Waals surface area contributed by atoms with E-state index in [1.54, 1.807) is 11.0 Å². The first-order valence-electron chi connectivity index (χ1n) is 6.02. The van der Waals surface area contributed by atoms with Crippen molar-refractivity contribution in [3.05, 3.63) is 25.0 Å². The van der Waals surface area contributed by atoms with Crippen LogP contribution in [-0.2, 0) is 0 Å². The third-order valence-corrected chi connectivity index (χ3v) is 5.32. The summed E-state index contributed by atoms with van der Waals surface area (Å²) < 4.78 is 28.4. The average molecular weight is 552 g/mol. The van der Waals surface area contributed by atoms with E-state index in [-0.39, 0.29) is 30.6 Å². The number of rotatable bonds is 3. The molecule has 1 aromatic rings. The lowest BCUT2D eigenvalue weighted by atomic mass is 10.0. The maximum Gasteiger partial charge on any atom is 0.258 e. The van der Waals surface area contributed by atoms with Crippen molar-refractivity contribution >= 4 is 72.6 Å². The molecule has 128 valence electrons. The normalized spacial score (nSPS) is 16.8. The van der Waals surface area contributed by atoms with Crippen molar-refractivity contribution in [2.75, 3.05) is 26.2 Å². The van der Waals surface area contributed by atoms with Crippen molar-refractivity contribution in [3.8, 4) is 5.75 Å². The fourth-order valence-corrected chi connectivity index (χ4v) is 4.88. The van der Waals surface area contributed by atoms with Gasteiger partial charge in [-0.2, -0.15) is 0 Å². The Morgan fingerprint density at radius 1 is 1.09 bits per heavy atom. The van der Waals surface area contributed by atoms with Crippen LogP contribution in [0.4, 0.5) is 8.78 Å². The van der Waals surface area contributed by atoms with E-state index in [0.717, 1.165) is 0 Å². The quantitative estimate of drug-likeness (QED) is 0.570. The van der Waals surface area contributed by atoms with Gasteiger partial charge in [-0.15, -0.1) is 24.8 Å². The molecule has 0 unspecified atom stereocenters. The molecule has 1 aliphatic heterocycles. The zero-order chi connectivity index (χ0) is 14.9. The van der Waals surface area contributed by atoms with E-state index in [2.05, 4.69) is 53.1 Å². The first-order chi connectivity index (χ1) is 9.43. The molecule has 0 radical (unpaired) electrons. The van der Waals surface area contributed by atoms with Crippen LogP contribution in [0.3, 0.4) is 0 Å². The van der Waals surface area contributed by atoms with Gasteiger partial charge in [-0.25, -0.2) is 8.78 Å². The maximum atomic E-state index is 13.6. The summed E-state index contributed by atoms with van der Waals surface area (Å²) in [7, 11) is 0. The van der Waals surface area contributed by atoms with Crippen LogP contribution in [-0.4, -0.2) is 42.6 Å². The Balaban J connectivity index is 0.00000220. The van der Waals surface area contributed by atoms with Crippen LogP contribution in [0.15, 0.2) is 19.5 Å². The van der Waals surface area contributed by atoms with E-state index in [0.29, 0.717) is 45.2 Å². The van der Waals surface area contributed by atoms with Crippen molar-refractivity contribution in [1.29, 1.82) is 0 Å². The molecule has 1 fully saturated rings. The number of phenolic OH excluding ortho intramolecular Hbond substituents is 1. The molecule has 10 heteroatoms. The molecule has 0 spiro atoms. The number of nitrogens with one attached hydrogen (secondary N) is 1. The Bertz CT molecular complexity index is 506.